The van der Waals surface area contributed by atoms with Gasteiger partial charge in [0.2, 0.25) is 5.95 Å². The van der Waals surface area contributed by atoms with Gasteiger partial charge in [0.1, 0.15) is 18.5 Å². The molecule has 178 valence electrons. The highest BCUT2D eigenvalue weighted by atomic mass is 19.1. The molecule has 2 aromatic carbocycles. The van der Waals surface area contributed by atoms with E-state index in [9.17, 15) is 14.3 Å². The summed E-state index contributed by atoms with van der Waals surface area (Å²) in [6, 6.07) is 14.2. The topological polar surface area (TPSA) is 105 Å². The maximum absolute atomic E-state index is 14.6. The second-order valence-corrected chi connectivity index (χ2v) is 7.99. The number of nitrogens with zero attached hydrogens (tertiary/aromatic N) is 4. The van der Waals surface area contributed by atoms with Crippen molar-refractivity contribution in [3.05, 3.63) is 79.0 Å². The van der Waals surface area contributed by atoms with Gasteiger partial charge in [-0.1, -0.05) is 30.3 Å². The molecule has 0 saturated heterocycles. The van der Waals surface area contributed by atoms with E-state index in [0.29, 0.717) is 12.1 Å². The van der Waals surface area contributed by atoms with E-state index in [1.54, 1.807) is 18.2 Å². The number of hydrogen-bond donors (Lipinski definition) is 3. The number of benzene rings is 2. The van der Waals surface area contributed by atoms with Crippen LogP contribution in [-0.4, -0.2) is 38.9 Å². The first-order chi connectivity index (χ1) is 17.0. The SMILES string of the molecule is COC(=O)Cn1cc(N2C=CCC2Nc2nc(Nc3cccc(O)c3)ncc2F)c2ccccc21. The molecule has 0 fully saturated rings. The normalized spacial score (nSPS) is 14.9. The minimum atomic E-state index is -0.591. The second kappa shape index (κ2) is 9.34. The van der Waals surface area contributed by atoms with Gasteiger partial charge in [-0.15, -0.1) is 0 Å². The minimum absolute atomic E-state index is 0.0413. The van der Waals surface area contributed by atoms with E-state index < -0.39 is 5.82 Å². The molecule has 0 saturated carbocycles. The Balaban J connectivity index is 1.42. The number of aromatic hydroxyl groups is 1. The molecule has 0 aliphatic carbocycles. The van der Waals surface area contributed by atoms with E-state index in [1.807, 2.05) is 52.2 Å². The van der Waals surface area contributed by atoms with Crippen LogP contribution in [0.1, 0.15) is 6.42 Å². The Labute approximate surface area is 200 Å². The first-order valence-corrected chi connectivity index (χ1v) is 11.0. The van der Waals surface area contributed by atoms with Crippen LogP contribution in [0.25, 0.3) is 10.9 Å². The molecule has 1 atom stereocenters. The lowest BCUT2D eigenvalue weighted by Crippen LogP contribution is -2.34. The number of aromatic nitrogens is 3. The van der Waals surface area contributed by atoms with Gasteiger partial charge in [0.05, 0.1) is 24.5 Å². The molecule has 5 rings (SSSR count). The summed E-state index contributed by atoms with van der Waals surface area (Å²) in [6.45, 7) is 0.0806. The van der Waals surface area contributed by atoms with Crippen molar-refractivity contribution in [1.29, 1.82) is 0 Å². The summed E-state index contributed by atoms with van der Waals surface area (Å²) < 4.78 is 21.3. The van der Waals surface area contributed by atoms with Crippen LogP contribution in [0.15, 0.2) is 73.2 Å². The summed E-state index contributed by atoms with van der Waals surface area (Å²) >= 11 is 0. The van der Waals surface area contributed by atoms with Gasteiger partial charge >= 0.3 is 5.97 Å². The first-order valence-electron chi connectivity index (χ1n) is 11.0. The first kappa shape index (κ1) is 22.2. The summed E-state index contributed by atoms with van der Waals surface area (Å²) in [5.74, 6) is -0.619. The molecule has 1 aliphatic heterocycles. The van der Waals surface area contributed by atoms with Gasteiger partial charge in [-0.25, -0.2) is 9.37 Å². The number of nitrogens with one attached hydrogen (secondary N) is 2. The van der Waals surface area contributed by atoms with Crippen molar-refractivity contribution < 1.29 is 19.0 Å². The predicted octanol–water partition coefficient (Wildman–Crippen LogP) is 4.35. The van der Waals surface area contributed by atoms with Crippen LogP contribution in [0.2, 0.25) is 0 Å². The fraction of sp³-hybridized carbons (Fsp3) is 0.160. The molecule has 3 heterocycles. The van der Waals surface area contributed by atoms with Gasteiger partial charge in [0.25, 0.3) is 0 Å². The third-order valence-corrected chi connectivity index (χ3v) is 5.68. The van der Waals surface area contributed by atoms with Crippen molar-refractivity contribution in [2.45, 2.75) is 19.1 Å². The number of methoxy groups -OCH3 is 1. The zero-order chi connectivity index (χ0) is 24.4. The minimum Gasteiger partial charge on any atom is -0.508 e. The Hall–Kier alpha value is -4.60. The number of ether oxygens (including phenoxy) is 1. The maximum Gasteiger partial charge on any atom is 0.325 e. The molecule has 35 heavy (non-hydrogen) atoms. The van der Waals surface area contributed by atoms with Crippen LogP contribution in [0.3, 0.4) is 0 Å². The summed E-state index contributed by atoms with van der Waals surface area (Å²) in [5, 5.41) is 16.7. The second-order valence-electron chi connectivity index (χ2n) is 7.99. The highest BCUT2D eigenvalue weighted by molar-refractivity contribution is 5.95. The van der Waals surface area contributed by atoms with Crippen LogP contribution in [0, 0.1) is 5.82 Å². The van der Waals surface area contributed by atoms with E-state index in [2.05, 4.69) is 20.6 Å². The largest absolute Gasteiger partial charge is 0.508 e. The Morgan fingerprint density at radius 1 is 1.26 bits per heavy atom. The smallest absolute Gasteiger partial charge is 0.325 e. The zero-order valence-corrected chi connectivity index (χ0v) is 18.9. The standard InChI is InChI=1S/C25H23FN6O3/c1-35-23(34)15-31-14-21(18-8-2-3-9-20(18)31)32-11-5-10-22(32)29-24-19(26)13-27-25(30-24)28-16-6-4-7-17(33)12-16/h2-9,11-14,22,33H,10,15H2,1H3,(H2,27,28,29,30). The number of hydrogen-bond acceptors (Lipinski definition) is 8. The molecular weight excluding hydrogens is 451 g/mol. The molecule has 2 aromatic heterocycles. The molecule has 1 aliphatic rings. The third kappa shape index (κ3) is 4.58. The average Bonchev–Trinajstić information content (AvgIpc) is 3.45. The molecule has 1 unspecified atom stereocenters. The maximum atomic E-state index is 14.6. The summed E-state index contributed by atoms with van der Waals surface area (Å²) in [7, 11) is 1.36. The van der Waals surface area contributed by atoms with Gasteiger partial charge in [0, 0.05) is 36.0 Å². The lowest BCUT2D eigenvalue weighted by atomic mass is 10.2. The molecule has 0 spiro atoms. The Kier molecular flexibility index (Phi) is 5.92. The number of phenolic OH excluding ortho intramolecular Hbond substituents is 1. The molecule has 0 amide bonds. The fourth-order valence-electron chi connectivity index (χ4n) is 4.06. The molecule has 0 bridgehead atoms. The van der Waals surface area contributed by atoms with E-state index in [0.717, 1.165) is 22.8 Å². The van der Waals surface area contributed by atoms with Crippen molar-refractivity contribution in [1.82, 2.24) is 14.5 Å². The number of halogens is 1. The number of esters is 1. The molecule has 9 nitrogen and oxygen atoms in total. The van der Waals surface area contributed by atoms with Crippen molar-refractivity contribution in [3.63, 3.8) is 0 Å². The zero-order valence-electron chi connectivity index (χ0n) is 18.9. The highest BCUT2D eigenvalue weighted by Gasteiger charge is 2.26. The van der Waals surface area contributed by atoms with Crippen LogP contribution in [-0.2, 0) is 16.1 Å². The van der Waals surface area contributed by atoms with E-state index in [4.69, 9.17) is 4.74 Å². The molecule has 0 radical (unpaired) electrons. The lowest BCUT2D eigenvalue weighted by Gasteiger charge is -2.26. The molecule has 4 aromatic rings. The van der Waals surface area contributed by atoms with Gasteiger partial charge in [0.15, 0.2) is 11.6 Å². The van der Waals surface area contributed by atoms with Crippen LogP contribution in [0.4, 0.5) is 27.5 Å². The van der Waals surface area contributed by atoms with Crippen molar-refractivity contribution >= 4 is 40.0 Å². The van der Waals surface area contributed by atoms with Crippen molar-refractivity contribution in [2.24, 2.45) is 0 Å². The van der Waals surface area contributed by atoms with Gasteiger partial charge in [-0.2, -0.15) is 4.98 Å². The highest BCUT2D eigenvalue weighted by Crippen LogP contribution is 2.34. The number of rotatable bonds is 7. The Bertz CT molecular complexity index is 1420. The molecule has 3 N–H and O–H groups in total. The Morgan fingerprint density at radius 3 is 2.94 bits per heavy atom. The predicted molar refractivity (Wildman–Crippen MR) is 131 cm³/mol. The number of phenols is 1. The monoisotopic (exact) mass is 474 g/mol. The molecule has 10 heteroatoms. The van der Waals surface area contributed by atoms with Gasteiger partial charge in [-0.3, -0.25) is 4.79 Å². The summed E-state index contributed by atoms with van der Waals surface area (Å²) in [4.78, 5) is 22.2. The van der Waals surface area contributed by atoms with Gasteiger partial charge in [-0.05, 0) is 18.2 Å². The number of para-hydroxylation sites is 1. The van der Waals surface area contributed by atoms with E-state index in [-0.39, 0.29) is 36.2 Å². The van der Waals surface area contributed by atoms with Gasteiger partial charge < -0.3 is 29.9 Å². The van der Waals surface area contributed by atoms with E-state index >= 15 is 0 Å². The van der Waals surface area contributed by atoms with Crippen molar-refractivity contribution in [2.75, 3.05) is 22.6 Å². The quantitative estimate of drug-likeness (QED) is 0.340. The van der Waals surface area contributed by atoms with Crippen LogP contribution < -0.4 is 15.5 Å². The van der Waals surface area contributed by atoms with Crippen molar-refractivity contribution in [3.8, 4) is 5.75 Å². The van der Waals surface area contributed by atoms with Crippen LogP contribution in [0.5, 0.6) is 5.75 Å². The third-order valence-electron chi connectivity index (χ3n) is 5.68. The van der Waals surface area contributed by atoms with Crippen LogP contribution >= 0.6 is 0 Å². The van der Waals surface area contributed by atoms with E-state index in [1.165, 1.54) is 13.2 Å². The number of carbonyl (C=O) groups excluding carboxylic acids is 1. The number of carbonyl (C=O) groups is 1. The number of fused-ring (bicyclic) bond motifs is 1. The average molecular weight is 474 g/mol. The fourth-order valence-corrected chi connectivity index (χ4v) is 4.06. The number of anilines is 4. The molecular formula is C25H23FN6O3. The lowest BCUT2D eigenvalue weighted by molar-refractivity contribution is -0.141. The Morgan fingerprint density at radius 2 is 2.11 bits per heavy atom. The summed E-state index contributed by atoms with van der Waals surface area (Å²) in [6.07, 6.45) is 7.18. The summed E-state index contributed by atoms with van der Waals surface area (Å²) in [5.41, 5.74) is 2.33.